The maximum Gasteiger partial charge on any atom is 0.269 e. The molecule has 0 fully saturated rings. The zero-order chi connectivity index (χ0) is 24.2. The van der Waals surface area contributed by atoms with E-state index in [-0.39, 0.29) is 20.9 Å². The molecule has 0 N–H and O–H groups in total. The third-order valence-electron chi connectivity index (χ3n) is 5.60. The van der Waals surface area contributed by atoms with Crippen molar-refractivity contribution < 1.29 is 16.8 Å². The van der Waals surface area contributed by atoms with Crippen molar-refractivity contribution in [3.63, 3.8) is 0 Å². The van der Waals surface area contributed by atoms with Crippen molar-refractivity contribution in [2.45, 2.75) is 44.3 Å². The van der Waals surface area contributed by atoms with Gasteiger partial charge < -0.3 is 0 Å². The van der Waals surface area contributed by atoms with Crippen molar-refractivity contribution in [1.29, 1.82) is 0 Å². The van der Waals surface area contributed by atoms with E-state index in [9.17, 15) is 16.8 Å². The molecule has 7 nitrogen and oxygen atoms in total. The summed E-state index contributed by atoms with van der Waals surface area (Å²) in [4.78, 5) is 9.53. The van der Waals surface area contributed by atoms with Crippen LogP contribution in [-0.4, -0.2) is 36.0 Å². The molecule has 3 aromatic rings. The van der Waals surface area contributed by atoms with Crippen molar-refractivity contribution in [2.75, 3.05) is 0 Å². The molecule has 10 heteroatoms. The maximum absolute atomic E-state index is 13.3. The molecule has 0 aliphatic heterocycles. The molecule has 2 aromatic heterocycles. The third kappa shape index (κ3) is 4.40. The number of hydrogen-bond donors (Lipinski definition) is 0. The predicted octanol–water partition coefficient (Wildman–Crippen LogP) is 4.93. The fourth-order valence-corrected chi connectivity index (χ4v) is 6.71. The van der Waals surface area contributed by atoms with Gasteiger partial charge in [0.25, 0.3) is 10.0 Å². The average Bonchev–Trinajstić information content (AvgIpc) is 3.10. The van der Waals surface area contributed by atoms with E-state index >= 15 is 0 Å². The van der Waals surface area contributed by atoms with Crippen molar-refractivity contribution in [1.82, 2.24) is 13.9 Å². The van der Waals surface area contributed by atoms with Crippen LogP contribution in [-0.2, 0) is 19.9 Å². The number of sulfone groups is 1. The number of benzene rings is 1. The van der Waals surface area contributed by atoms with Crippen molar-refractivity contribution in [2.24, 2.45) is 5.41 Å². The van der Waals surface area contributed by atoms with Crippen LogP contribution in [0.1, 0.15) is 34.1 Å². The van der Waals surface area contributed by atoms with Crippen LogP contribution in [0.3, 0.4) is 0 Å². The molecule has 0 radical (unpaired) electrons. The van der Waals surface area contributed by atoms with Crippen LogP contribution in [0, 0.1) is 8.99 Å². The van der Waals surface area contributed by atoms with Crippen molar-refractivity contribution >= 4 is 53.6 Å². The molecule has 0 atom stereocenters. The minimum absolute atomic E-state index is 0.0784. The second kappa shape index (κ2) is 8.31. The minimum atomic E-state index is -3.81. The van der Waals surface area contributed by atoms with E-state index in [4.69, 9.17) is 0 Å². The second-order valence-corrected chi connectivity index (χ2v) is 14.4. The molecule has 0 spiro atoms. The summed E-state index contributed by atoms with van der Waals surface area (Å²) in [5.41, 5.74) is 1.86. The zero-order valence-corrected chi connectivity index (χ0v) is 22.4. The Morgan fingerprint density at radius 1 is 1.09 bits per heavy atom. The first-order valence-corrected chi connectivity index (χ1v) is 14.4. The molecule has 33 heavy (non-hydrogen) atoms. The van der Waals surface area contributed by atoms with Gasteiger partial charge in [0.2, 0.25) is 0 Å². The smallest absolute Gasteiger partial charge is 0.242 e. The molecule has 0 bridgehead atoms. The quantitative estimate of drug-likeness (QED) is 0.387. The van der Waals surface area contributed by atoms with Gasteiger partial charge in [-0.2, -0.15) is 0 Å². The third-order valence-corrected chi connectivity index (χ3v) is 10.3. The van der Waals surface area contributed by atoms with Gasteiger partial charge in [0.15, 0.2) is 15.5 Å². The highest BCUT2D eigenvalue weighted by Gasteiger charge is 2.27. The van der Waals surface area contributed by atoms with Gasteiger partial charge in [-0.05, 0) is 66.5 Å². The Kier molecular flexibility index (Phi) is 6.07. The largest absolute Gasteiger partial charge is 0.269 e. The Morgan fingerprint density at radius 2 is 1.76 bits per heavy atom. The summed E-state index contributed by atoms with van der Waals surface area (Å²) in [5.74, 6) is 0. The highest BCUT2D eigenvalue weighted by atomic mass is 127. The van der Waals surface area contributed by atoms with E-state index in [1.807, 2.05) is 28.7 Å². The molecule has 1 aromatic carbocycles. The summed E-state index contributed by atoms with van der Waals surface area (Å²) >= 11 is 2.05. The Bertz CT molecular complexity index is 1520. The molecule has 2 heterocycles. The summed E-state index contributed by atoms with van der Waals surface area (Å²) < 4.78 is 53.1. The lowest BCUT2D eigenvalue weighted by atomic mass is 9.86. The summed E-state index contributed by atoms with van der Waals surface area (Å²) in [6.07, 6.45) is 8.95. The highest BCUT2D eigenvalue weighted by molar-refractivity contribution is 14.1. The van der Waals surface area contributed by atoms with E-state index in [1.165, 1.54) is 16.4 Å². The zero-order valence-electron chi connectivity index (χ0n) is 18.6. The Balaban J connectivity index is 1.73. The van der Waals surface area contributed by atoms with E-state index in [1.54, 1.807) is 50.3 Å². The fraction of sp³-hybridized carbons (Fsp3) is 0.304. The van der Waals surface area contributed by atoms with Gasteiger partial charge in [-0.3, -0.25) is 0 Å². The molecule has 4 rings (SSSR count). The second-order valence-electron chi connectivity index (χ2n) is 8.96. The lowest BCUT2D eigenvalue weighted by Gasteiger charge is -2.22. The SMILES string of the molecule is CC(C)S(=O)(=O)c1ccc(-c2cnc3c(n2)c(I)cn3S(=O)(=O)C2=CCC(C)(C)C=C2)cc1. The molecule has 1 aliphatic rings. The van der Waals surface area contributed by atoms with E-state index < -0.39 is 25.1 Å². The van der Waals surface area contributed by atoms with Crippen LogP contribution < -0.4 is 0 Å². The number of aromatic nitrogens is 3. The molecular formula is C23H24IN3O4S2. The lowest BCUT2D eigenvalue weighted by molar-refractivity contribution is 0.483. The van der Waals surface area contributed by atoms with Crippen LogP contribution in [0.25, 0.3) is 22.4 Å². The van der Waals surface area contributed by atoms with Crippen LogP contribution in [0.2, 0.25) is 0 Å². The number of rotatable bonds is 5. The van der Waals surface area contributed by atoms with E-state index in [0.717, 1.165) is 0 Å². The van der Waals surface area contributed by atoms with Gasteiger partial charge in [0, 0.05) is 11.8 Å². The van der Waals surface area contributed by atoms with Crippen LogP contribution in [0.15, 0.2) is 64.7 Å². The normalized spacial score (nSPS) is 16.4. The monoisotopic (exact) mass is 597 g/mol. The van der Waals surface area contributed by atoms with Gasteiger partial charge >= 0.3 is 0 Å². The average molecular weight is 598 g/mol. The van der Waals surface area contributed by atoms with Gasteiger partial charge in [-0.25, -0.2) is 30.8 Å². The summed E-state index contributed by atoms with van der Waals surface area (Å²) in [6, 6.07) is 6.48. The fourth-order valence-electron chi connectivity index (χ4n) is 3.45. The molecular weight excluding hydrogens is 573 g/mol. The van der Waals surface area contributed by atoms with Gasteiger partial charge in [0.1, 0.15) is 5.52 Å². The van der Waals surface area contributed by atoms with Crippen LogP contribution >= 0.6 is 22.6 Å². The molecule has 0 amide bonds. The van der Waals surface area contributed by atoms with E-state index in [2.05, 4.69) is 23.8 Å². The van der Waals surface area contributed by atoms with Crippen LogP contribution in [0.5, 0.6) is 0 Å². The topological polar surface area (TPSA) is 99.0 Å². The first-order valence-electron chi connectivity index (χ1n) is 10.4. The van der Waals surface area contributed by atoms with Crippen LogP contribution in [0.4, 0.5) is 0 Å². The molecule has 174 valence electrons. The lowest BCUT2D eigenvalue weighted by Crippen LogP contribution is -2.18. The number of allylic oxidation sites excluding steroid dienone is 3. The number of nitrogens with zero attached hydrogens (tertiary/aromatic N) is 3. The Morgan fingerprint density at radius 3 is 2.33 bits per heavy atom. The summed E-state index contributed by atoms with van der Waals surface area (Å²) in [7, 11) is -7.18. The van der Waals surface area contributed by atoms with Gasteiger partial charge in [0.05, 0.1) is 30.5 Å². The highest BCUT2D eigenvalue weighted by Crippen LogP contribution is 2.33. The minimum Gasteiger partial charge on any atom is -0.242 e. The summed E-state index contributed by atoms with van der Waals surface area (Å²) in [6.45, 7) is 7.39. The molecule has 1 aliphatic carbocycles. The first kappa shape index (κ1) is 24.1. The van der Waals surface area contributed by atoms with E-state index in [0.29, 0.717) is 26.8 Å². The first-order chi connectivity index (χ1) is 15.3. The standard InChI is InChI=1S/C23H24IN3O4S2/c1-15(2)32(28,29)17-7-5-16(6-8-17)20-13-25-22-21(26-20)19(24)14-27(22)33(30,31)18-9-11-23(3,4)12-10-18/h5-11,13-15H,12H2,1-4H3. The van der Waals surface area contributed by atoms with Gasteiger partial charge in [-0.1, -0.05) is 38.1 Å². The van der Waals surface area contributed by atoms with Gasteiger partial charge in [-0.15, -0.1) is 0 Å². The van der Waals surface area contributed by atoms with Crippen molar-refractivity contribution in [3.8, 4) is 11.3 Å². The molecule has 0 saturated heterocycles. The summed E-state index contributed by atoms with van der Waals surface area (Å²) in [5, 5.41) is -0.511. The number of halogens is 1. The number of fused-ring (bicyclic) bond motifs is 1. The Labute approximate surface area is 207 Å². The van der Waals surface area contributed by atoms with Crippen molar-refractivity contribution in [3.05, 3.63) is 63.4 Å². The maximum atomic E-state index is 13.3. The molecule has 0 unspecified atom stereocenters. The predicted molar refractivity (Wildman–Crippen MR) is 138 cm³/mol. The Hall–Kier alpha value is -2.05. The molecule has 0 saturated carbocycles. The number of hydrogen-bond acceptors (Lipinski definition) is 6.